The zero-order valence-electron chi connectivity index (χ0n) is 14.2. The van der Waals surface area contributed by atoms with Crippen LogP contribution in [0.5, 0.6) is 0 Å². The molecular weight excluding hydrogens is 286 g/mol. The molecule has 2 aromatic rings. The maximum atomic E-state index is 5.01. The average molecular weight is 313 g/mol. The van der Waals surface area contributed by atoms with Gasteiger partial charge in [0.1, 0.15) is 11.3 Å². The van der Waals surface area contributed by atoms with Crippen LogP contribution in [0.25, 0.3) is 11.2 Å². The highest BCUT2D eigenvalue weighted by Crippen LogP contribution is 2.35. The molecule has 0 bridgehead atoms. The van der Waals surface area contributed by atoms with Crippen molar-refractivity contribution in [2.45, 2.75) is 57.7 Å². The van der Waals surface area contributed by atoms with E-state index in [1.807, 2.05) is 12.3 Å². The number of fused-ring (bicyclic) bond motifs is 1. The van der Waals surface area contributed by atoms with Gasteiger partial charge in [-0.2, -0.15) is 0 Å². The third kappa shape index (κ3) is 2.66. The van der Waals surface area contributed by atoms with E-state index in [1.54, 1.807) is 0 Å². The Hall–Kier alpha value is -1.46. The minimum atomic E-state index is 0.409. The lowest BCUT2D eigenvalue weighted by Crippen LogP contribution is -2.36. The van der Waals surface area contributed by atoms with E-state index in [4.69, 9.17) is 4.98 Å². The Balaban J connectivity index is 1.82. The van der Waals surface area contributed by atoms with Crippen molar-refractivity contribution in [1.82, 2.24) is 24.8 Å². The van der Waals surface area contributed by atoms with Gasteiger partial charge in [-0.1, -0.05) is 0 Å². The summed E-state index contributed by atoms with van der Waals surface area (Å²) in [4.78, 5) is 12.3. The van der Waals surface area contributed by atoms with Crippen LogP contribution in [-0.2, 0) is 0 Å². The van der Waals surface area contributed by atoms with E-state index < -0.39 is 0 Å². The average Bonchev–Trinajstić information content (AvgIpc) is 3.19. The number of pyridine rings is 1. The number of hydrogen-bond acceptors (Lipinski definition) is 4. The van der Waals surface area contributed by atoms with Gasteiger partial charge in [0.15, 0.2) is 5.65 Å². The van der Waals surface area contributed by atoms with Gasteiger partial charge >= 0.3 is 0 Å². The first-order valence-electron chi connectivity index (χ1n) is 9.05. The molecule has 5 nitrogen and oxygen atoms in total. The van der Waals surface area contributed by atoms with E-state index in [-0.39, 0.29) is 0 Å². The molecule has 2 fully saturated rings. The zero-order valence-corrected chi connectivity index (χ0v) is 14.2. The predicted molar refractivity (Wildman–Crippen MR) is 92.5 cm³/mol. The summed E-state index contributed by atoms with van der Waals surface area (Å²) in [5.41, 5.74) is 2.11. The summed E-state index contributed by atoms with van der Waals surface area (Å²) in [6.45, 7) is 7.95. The normalized spacial score (nSPS) is 26.4. The van der Waals surface area contributed by atoms with Gasteiger partial charge in [-0.15, -0.1) is 0 Å². The number of aromatic nitrogens is 3. The summed E-state index contributed by atoms with van der Waals surface area (Å²) in [5.74, 6) is 1.75. The van der Waals surface area contributed by atoms with Crippen LogP contribution < -0.4 is 5.32 Å². The van der Waals surface area contributed by atoms with Crippen LogP contribution in [0, 0.1) is 0 Å². The van der Waals surface area contributed by atoms with Crippen molar-refractivity contribution in [3.05, 3.63) is 24.2 Å². The van der Waals surface area contributed by atoms with Crippen molar-refractivity contribution < 1.29 is 0 Å². The monoisotopic (exact) mass is 313 g/mol. The Bertz CT molecular complexity index is 671. The van der Waals surface area contributed by atoms with E-state index >= 15 is 0 Å². The van der Waals surface area contributed by atoms with Crippen molar-refractivity contribution >= 4 is 11.2 Å². The van der Waals surface area contributed by atoms with Crippen LogP contribution in [0.3, 0.4) is 0 Å². The van der Waals surface area contributed by atoms with E-state index in [1.165, 1.54) is 38.1 Å². The molecule has 4 rings (SSSR count). The number of imidazole rings is 1. The third-order valence-corrected chi connectivity index (χ3v) is 5.36. The lowest BCUT2D eigenvalue weighted by atomic mass is 9.98. The maximum Gasteiger partial charge on any atom is 0.161 e. The molecule has 0 aliphatic carbocycles. The minimum Gasteiger partial charge on any atom is -0.316 e. The Morgan fingerprint density at radius 2 is 2.17 bits per heavy atom. The fraction of sp³-hybridized carbons (Fsp3) is 0.667. The molecule has 0 spiro atoms. The molecule has 4 heterocycles. The molecule has 2 unspecified atom stereocenters. The fourth-order valence-corrected chi connectivity index (χ4v) is 4.25. The molecule has 23 heavy (non-hydrogen) atoms. The van der Waals surface area contributed by atoms with Crippen LogP contribution >= 0.6 is 0 Å². The minimum absolute atomic E-state index is 0.409. The van der Waals surface area contributed by atoms with Gasteiger partial charge in [-0.25, -0.2) is 9.97 Å². The van der Waals surface area contributed by atoms with Gasteiger partial charge in [0.25, 0.3) is 0 Å². The quantitative estimate of drug-likeness (QED) is 0.946. The Labute approximate surface area is 138 Å². The zero-order chi connectivity index (χ0) is 15.8. The lowest BCUT2D eigenvalue weighted by molar-refractivity contribution is 0.150. The molecular formula is C18H27N5. The molecule has 1 N–H and O–H groups in total. The number of hydrogen-bond donors (Lipinski definition) is 1. The fourth-order valence-electron chi connectivity index (χ4n) is 4.25. The molecule has 0 amide bonds. The number of nitrogens with zero attached hydrogens (tertiary/aromatic N) is 4. The first-order chi connectivity index (χ1) is 11.3. The third-order valence-electron chi connectivity index (χ3n) is 5.36. The van der Waals surface area contributed by atoms with E-state index in [2.05, 4.69) is 39.7 Å². The number of rotatable bonds is 3. The van der Waals surface area contributed by atoms with Crippen molar-refractivity contribution in [3.8, 4) is 0 Å². The van der Waals surface area contributed by atoms with Crippen LogP contribution in [0.1, 0.15) is 57.4 Å². The number of piperidine rings is 1. The van der Waals surface area contributed by atoms with Gasteiger partial charge in [-0.05, 0) is 58.2 Å². The molecule has 0 radical (unpaired) electrons. The molecule has 0 saturated carbocycles. The second-order valence-electron chi connectivity index (χ2n) is 7.18. The molecule has 2 aliphatic rings. The highest BCUT2D eigenvalue weighted by Gasteiger charge is 2.33. The second-order valence-corrected chi connectivity index (χ2v) is 7.18. The summed E-state index contributed by atoms with van der Waals surface area (Å²) >= 11 is 0. The lowest BCUT2D eigenvalue weighted by Gasteiger charge is -2.32. The predicted octanol–water partition coefficient (Wildman–Crippen LogP) is 2.90. The van der Waals surface area contributed by atoms with Gasteiger partial charge in [0, 0.05) is 31.2 Å². The van der Waals surface area contributed by atoms with Crippen LogP contribution in [-0.4, -0.2) is 45.1 Å². The molecule has 2 atom stereocenters. The summed E-state index contributed by atoms with van der Waals surface area (Å²) < 4.78 is 2.46. The van der Waals surface area contributed by atoms with Gasteiger partial charge < -0.3 is 5.32 Å². The Morgan fingerprint density at radius 1 is 1.26 bits per heavy atom. The van der Waals surface area contributed by atoms with E-state index in [0.717, 1.165) is 24.3 Å². The molecule has 2 saturated heterocycles. The largest absolute Gasteiger partial charge is 0.316 e. The number of likely N-dealkylation sites (tertiary alicyclic amines) is 1. The van der Waals surface area contributed by atoms with Gasteiger partial charge in [0.05, 0.1) is 6.17 Å². The number of nitrogens with one attached hydrogen (secondary N) is 1. The van der Waals surface area contributed by atoms with Crippen LogP contribution in [0.15, 0.2) is 18.3 Å². The molecule has 124 valence electrons. The first-order valence-corrected chi connectivity index (χ1v) is 9.05. The summed E-state index contributed by atoms with van der Waals surface area (Å²) in [6.07, 6.45) is 7.24. The van der Waals surface area contributed by atoms with Gasteiger partial charge in [0.2, 0.25) is 0 Å². The molecule has 0 aromatic carbocycles. The smallest absolute Gasteiger partial charge is 0.161 e. The van der Waals surface area contributed by atoms with Gasteiger partial charge in [-0.3, -0.25) is 9.47 Å². The summed E-state index contributed by atoms with van der Waals surface area (Å²) in [6, 6.07) is 4.66. The summed E-state index contributed by atoms with van der Waals surface area (Å²) in [7, 11) is 0. The molecule has 2 aliphatic heterocycles. The Morgan fingerprint density at radius 3 is 2.96 bits per heavy atom. The van der Waals surface area contributed by atoms with Crippen molar-refractivity contribution in [1.29, 1.82) is 0 Å². The first kappa shape index (κ1) is 15.1. The highest BCUT2D eigenvalue weighted by atomic mass is 15.4. The maximum absolute atomic E-state index is 5.01. The van der Waals surface area contributed by atoms with Crippen molar-refractivity contribution in [3.63, 3.8) is 0 Å². The SMILES string of the molecule is CC(C)N1CCCC1n1c(C2CCCNC2)nc2cccnc21. The van der Waals surface area contributed by atoms with Crippen molar-refractivity contribution in [2.75, 3.05) is 19.6 Å². The topological polar surface area (TPSA) is 46.0 Å². The van der Waals surface area contributed by atoms with Crippen molar-refractivity contribution in [2.24, 2.45) is 0 Å². The highest BCUT2D eigenvalue weighted by molar-refractivity contribution is 5.71. The van der Waals surface area contributed by atoms with E-state index in [9.17, 15) is 0 Å². The Kier molecular flexibility index (Phi) is 4.07. The van der Waals surface area contributed by atoms with E-state index in [0.29, 0.717) is 18.1 Å². The molecule has 2 aromatic heterocycles. The molecule has 5 heteroatoms. The van der Waals surface area contributed by atoms with Crippen LogP contribution in [0.4, 0.5) is 0 Å². The standard InChI is InChI=1S/C18H27N5/c1-13(2)22-11-5-8-16(22)23-17(14-6-3-9-19-12-14)21-15-7-4-10-20-18(15)23/h4,7,10,13-14,16,19H,3,5-6,8-9,11-12H2,1-2H3. The second kappa shape index (κ2) is 6.21. The summed E-state index contributed by atoms with van der Waals surface area (Å²) in [5, 5.41) is 3.54. The van der Waals surface area contributed by atoms with Crippen LogP contribution in [0.2, 0.25) is 0 Å².